The number of thiazole rings is 1. The normalized spacial score (nSPS) is 26.3. The molecule has 3 saturated heterocycles. The maximum Gasteiger partial charge on any atom is 0.324 e. The second-order valence-electron chi connectivity index (χ2n) is 20.3. The van der Waals surface area contributed by atoms with Crippen LogP contribution in [0.25, 0.3) is 33.4 Å². The number of benzene rings is 1. The molecule has 4 aliphatic rings. The van der Waals surface area contributed by atoms with Crippen molar-refractivity contribution in [2.24, 2.45) is 11.3 Å². The van der Waals surface area contributed by atoms with Crippen LogP contribution in [-0.2, 0) is 48.5 Å². The number of carbonyl (C=O) groups excluding carboxylic acids is 4. The van der Waals surface area contributed by atoms with Crippen LogP contribution >= 0.6 is 11.3 Å². The number of ether oxygens (including phenoxy) is 2. The van der Waals surface area contributed by atoms with Crippen molar-refractivity contribution in [2.75, 3.05) is 47.4 Å². The van der Waals surface area contributed by atoms with Gasteiger partial charge < -0.3 is 28.7 Å². The first-order chi connectivity index (χ1) is 31.2. The molecule has 3 aromatic heterocycles. The van der Waals surface area contributed by atoms with Gasteiger partial charge in [0.15, 0.2) is 5.78 Å². The first kappa shape index (κ1) is 48.2. The number of urea groups is 1. The number of piperazine rings is 1. The minimum absolute atomic E-state index is 0.0163. The molecule has 0 aliphatic carbocycles. The molecule has 1 spiro atoms. The van der Waals surface area contributed by atoms with Gasteiger partial charge in [-0.1, -0.05) is 33.8 Å². The molecular formula is C49H65N8O6SSi2. The van der Waals surface area contributed by atoms with E-state index in [0.717, 1.165) is 62.8 Å². The van der Waals surface area contributed by atoms with E-state index in [1.807, 2.05) is 37.1 Å². The summed E-state index contributed by atoms with van der Waals surface area (Å²) >= 11 is 1.50. The van der Waals surface area contributed by atoms with Crippen molar-refractivity contribution in [3.05, 3.63) is 58.2 Å². The number of esters is 1. The number of nitrogens with one attached hydrogen (secondary N) is 1. The highest BCUT2D eigenvalue weighted by molar-refractivity contribution is 7.10. The fourth-order valence-electron chi connectivity index (χ4n) is 10.8. The van der Waals surface area contributed by atoms with Gasteiger partial charge in [0.1, 0.15) is 6.04 Å². The van der Waals surface area contributed by atoms with Gasteiger partial charge >= 0.3 is 12.0 Å². The highest BCUT2D eigenvalue weighted by Crippen LogP contribution is 2.62. The van der Waals surface area contributed by atoms with Gasteiger partial charge in [-0.3, -0.25) is 24.4 Å². The third-order valence-corrected chi connectivity index (χ3v) is 17.3. The second kappa shape index (κ2) is 18.3. The Kier molecular flexibility index (Phi) is 13.4. The van der Waals surface area contributed by atoms with E-state index in [2.05, 4.69) is 91.1 Å². The molecule has 0 saturated carbocycles. The molecule has 4 aliphatic heterocycles. The van der Waals surface area contributed by atoms with Gasteiger partial charge in [-0.15, -0.1) is 11.3 Å². The molecule has 1 aromatic carbocycles. The van der Waals surface area contributed by atoms with Crippen LogP contribution in [0.3, 0.4) is 0 Å². The number of Topliss-reactive ketones (excluding diaryl/α,β-unsaturated/α-hetero) is 1. The Balaban J connectivity index is 1.21. The first-order valence-corrected chi connectivity index (χ1v) is 25.8. The van der Waals surface area contributed by atoms with Crippen molar-refractivity contribution in [2.45, 2.75) is 128 Å². The number of ketones is 1. The molecule has 1 N–H and O–H groups in total. The topological polar surface area (TPSA) is 142 Å². The average molecular weight is 950 g/mol. The molecule has 66 heavy (non-hydrogen) atoms. The molecule has 7 atom stereocenters. The molecule has 5 radical (unpaired) electrons. The lowest BCUT2D eigenvalue weighted by molar-refractivity contribution is -0.155. The largest absolute Gasteiger partial charge is 0.464 e. The molecule has 17 heteroatoms. The molecule has 6 bridgehead atoms. The number of aromatic nitrogens is 3. The van der Waals surface area contributed by atoms with E-state index in [1.165, 1.54) is 11.3 Å². The lowest BCUT2D eigenvalue weighted by atomic mass is 9.84. The molecule has 8 rings (SSSR count). The van der Waals surface area contributed by atoms with Crippen molar-refractivity contribution in [1.29, 1.82) is 0 Å². The zero-order valence-corrected chi connectivity index (χ0v) is 43.2. The summed E-state index contributed by atoms with van der Waals surface area (Å²) < 4.78 is 14.4. The van der Waals surface area contributed by atoms with Crippen LogP contribution in [0.5, 0.6) is 0 Å². The summed E-state index contributed by atoms with van der Waals surface area (Å²) in [6.45, 7) is 19.1. The summed E-state index contributed by atoms with van der Waals surface area (Å²) in [5.74, 6) is -0.926. The first-order valence-electron chi connectivity index (χ1n) is 23.4. The highest BCUT2D eigenvalue weighted by atomic mass is 32.1. The molecule has 14 nitrogen and oxygen atoms in total. The number of methoxy groups -OCH3 is 1. The molecule has 3 amide bonds. The van der Waals surface area contributed by atoms with Gasteiger partial charge in [0, 0.05) is 103 Å². The minimum atomic E-state index is -1.08. The average Bonchev–Trinajstić information content (AvgIpc) is 3.68. The predicted octanol–water partition coefficient (Wildman–Crippen LogP) is 6.33. The van der Waals surface area contributed by atoms with Gasteiger partial charge in [0.2, 0.25) is 5.91 Å². The lowest BCUT2D eigenvalue weighted by Gasteiger charge is -2.46. The quantitative estimate of drug-likeness (QED) is 0.157. The van der Waals surface area contributed by atoms with Crippen molar-refractivity contribution >= 4 is 65.7 Å². The van der Waals surface area contributed by atoms with Crippen LogP contribution in [0.15, 0.2) is 41.9 Å². The summed E-state index contributed by atoms with van der Waals surface area (Å²) in [6.07, 6.45) is 3.73. The number of pyridine rings is 1. The molecule has 2 unspecified atom stereocenters. The number of fused-ring (bicyclic) bond motifs is 6. The number of likely N-dealkylation sites (N-methyl/N-ethyl adjacent to an activating group) is 2. The van der Waals surface area contributed by atoms with Crippen LogP contribution in [-0.4, -0.2) is 149 Å². The van der Waals surface area contributed by atoms with E-state index in [-0.39, 0.29) is 58.3 Å². The maximum atomic E-state index is 15.1. The molecule has 7 heterocycles. The Morgan fingerprint density at radius 2 is 1.88 bits per heavy atom. The Labute approximate surface area is 399 Å². The third kappa shape index (κ3) is 8.83. The molecule has 3 fully saturated rings. The zero-order chi connectivity index (χ0) is 47.6. The molecule has 4 aromatic rings. The highest BCUT2D eigenvalue weighted by Gasteiger charge is 2.67. The van der Waals surface area contributed by atoms with Crippen molar-refractivity contribution < 1.29 is 28.7 Å². The van der Waals surface area contributed by atoms with Gasteiger partial charge in [0.05, 0.1) is 64.8 Å². The zero-order valence-electron chi connectivity index (χ0n) is 40.4. The number of amides is 3. The Bertz CT molecular complexity index is 2510. The van der Waals surface area contributed by atoms with E-state index in [0.29, 0.717) is 32.4 Å². The van der Waals surface area contributed by atoms with Gasteiger partial charge in [-0.25, -0.2) is 15.2 Å². The van der Waals surface area contributed by atoms with Gasteiger partial charge in [0.25, 0.3) is 0 Å². The fraction of sp³-hybridized carbons (Fsp3) is 0.592. The Morgan fingerprint density at radius 3 is 2.56 bits per heavy atom. The summed E-state index contributed by atoms with van der Waals surface area (Å²) in [7, 11) is 9.30. The Hall–Kier alpha value is -4.27. The van der Waals surface area contributed by atoms with Crippen LogP contribution in [0.4, 0.5) is 4.79 Å². The van der Waals surface area contributed by atoms with Gasteiger partial charge in [-0.2, -0.15) is 0 Å². The van der Waals surface area contributed by atoms with E-state index < -0.39 is 39.3 Å². The number of rotatable bonds is 8. The number of cyclic esters (lactones) is 1. The Morgan fingerprint density at radius 1 is 1.15 bits per heavy atom. The van der Waals surface area contributed by atoms with Crippen molar-refractivity contribution in [1.82, 2.24) is 39.7 Å². The maximum absolute atomic E-state index is 15.1. The predicted molar refractivity (Wildman–Crippen MR) is 259 cm³/mol. The van der Waals surface area contributed by atoms with Gasteiger partial charge in [-0.05, 0) is 89.8 Å². The monoisotopic (exact) mass is 949 g/mol. The second-order valence-corrected chi connectivity index (χ2v) is 24.0. The number of hydrogen-bond acceptors (Lipinski definition) is 11. The number of hydrazine groups is 1. The van der Waals surface area contributed by atoms with E-state index >= 15 is 9.59 Å². The van der Waals surface area contributed by atoms with Crippen molar-refractivity contribution in [3.8, 4) is 22.5 Å². The molecule has 351 valence electrons. The minimum Gasteiger partial charge on any atom is -0.464 e. The summed E-state index contributed by atoms with van der Waals surface area (Å²) in [6, 6.07) is 8.81. The van der Waals surface area contributed by atoms with E-state index in [4.69, 9.17) is 19.4 Å². The van der Waals surface area contributed by atoms with Crippen molar-refractivity contribution in [3.63, 3.8) is 0 Å². The fourth-order valence-corrected chi connectivity index (χ4v) is 13.7. The lowest BCUT2D eigenvalue weighted by Crippen LogP contribution is -2.62. The van der Waals surface area contributed by atoms with Crippen LogP contribution < -0.4 is 5.43 Å². The summed E-state index contributed by atoms with van der Waals surface area (Å²) in [4.78, 5) is 74.3. The number of nitrogens with zero attached hydrogens (tertiary/aromatic N) is 7. The molecular weight excluding hydrogens is 885 g/mol. The standard InChI is InChI=1S/C49H65N8O6SSi2/c1-12-55-37-18-17-31-21-33(37)34(40(55)32-15-13-19-50-42(32)48(8,65)62-11)22-47(6,7)27-63-44(59)35-16-14-20-56(52-35)45(60)49(23-38-51-36(31)26-64-38)43(66-49)41(58)39(28(2)3)54(10)46(61)57-29(4)24-53(9)25-30(57)5/h13,15,17-19,21,26,28-30,35,39,43,52H,12,14,16,20,22-25,27H2,1-11H3/t29-,30-,35-,39-,43?,48+,49?/m0/s1. The van der Waals surface area contributed by atoms with E-state index in [9.17, 15) is 9.59 Å². The van der Waals surface area contributed by atoms with Crippen LogP contribution in [0, 0.1) is 11.3 Å². The third-order valence-electron chi connectivity index (χ3n) is 14.1. The van der Waals surface area contributed by atoms with Crippen LogP contribution in [0.1, 0.15) is 84.5 Å². The summed E-state index contributed by atoms with van der Waals surface area (Å²) in [5.41, 5.74) is 8.73. The van der Waals surface area contributed by atoms with E-state index in [1.54, 1.807) is 30.3 Å². The number of carbonyl (C=O) groups is 4. The summed E-state index contributed by atoms with van der Waals surface area (Å²) in [5, 5.41) is 3.48. The SMILES string of the molecule is CCn1c(-c2cccnc2[C@@](C)([Si])OC)c2c3cc(ccc31)-c1csc(n1)CC1([Si]C1C(=O)[C@H](C(C)C)N(C)C(=O)N1[C@@H](C)CN(C)C[C@@H]1C)C(=O)N1CCC[C@H](N1)C(=O)OCC(C)(C)C2. The number of hydrogen-bond donors (Lipinski definition) is 1. The smallest absolute Gasteiger partial charge is 0.324 e. The van der Waals surface area contributed by atoms with Crippen LogP contribution in [0.2, 0.25) is 10.6 Å². The number of aryl methyl sites for hydroxylation is 1.